The predicted molar refractivity (Wildman–Crippen MR) is 78.5 cm³/mol. The monoisotopic (exact) mass is 348 g/mol. The third-order valence-corrected chi connectivity index (χ3v) is 3.58. The highest BCUT2D eigenvalue weighted by atomic mass is 19.4. The molecule has 0 aromatic carbocycles. The third-order valence-electron chi connectivity index (χ3n) is 3.58. The van der Waals surface area contributed by atoms with Crippen molar-refractivity contribution in [2.24, 2.45) is 0 Å². The average molecular weight is 348 g/mol. The van der Waals surface area contributed by atoms with Crippen molar-refractivity contribution in [3.8, 4) is 11.8 Å². The Bertz CT molecular complexity index is 825. The normalized spacial score (nSPS) is 14.6. The largest absolute Gasteiger partial charge is 0.487 e. The van der Waals surface area contributed by atoms with E-state index in [1.165, 1.54) is 17.2 Å². The highest BCUT2D eigenvalue weighted by Gasteiger charge is 2.35. The van der Waals surface area contributed by atoms with Gasteiger partial charge >= 0.3 is 6.18 Å². The van der Waals surface area contributed by atoms with Crippen molar-refractivity contribution in [2.45, 2.75) is 12.3 Å². The fourth-order valence-electron chi connectivity index (χ4n) is 2.29. The van der Waals surface area contributed by atoms with E-state index in [1.54, 1.807) is 6.07 Å². The van der Waals surface area contributed by atoms with E-state index >= 15 is 0 Å². The molecule has 6 nitrogen and oxygen atoms in total. The first kappa shape index (κ1) is 16.7. The standard InChI is InChI=1S/C16H11F3N4O2/c17-16(18,19)14-2-1-10(7-22-14)15(24)23-8-13(9-23)25-12-3-4-21-11(5-12)6-20/h1-5,7,13H,8-9H2. The molecule has 2 aromatic heterocycles. The van der Waals surface area contributed by atoms with Gasteiger partial charge in [-0.05, 0) is 18.2 Å². The highest BCUT2D eigenvalue weighted by molar-refractivity contribution is 5.94. The Morgan fingerprint density at radius 3 is 2.64 bits per heavy atom. The Balaban J connectivity index is 1.57. The number of hydrogen-bond donors (Lipinski definition) is 0. The number of nitrogens with zero attached hydrogens (tertiary/aromatic N) is 4. The van der Waals surface area contributed by atoms with Gasteiger partial charge in [-0.15, -0.1) is 0 Å². The Hall–Kier alpha value is -3.15. The Morgan fingerprint density at radius 1 is 1.28 bits per heavy atom. The van der Waals surface area contributed by atoms with Gasteiger partial charge in [-0.25, -0.2) is 4.98 Å². The molecule has 3 rings (SSSR count). The number of rotatable bonds is 3. The summed E-state index contributed by atoms with van der Waals surface area (Å²) in [5.74, 6) is 0.0633. The maximum absolute atomic E-state index is 12.5. The molecule has 1 fully saturated rings. The maximum Gasteiger partial charge on any atom is 0.433 e. The molecule has 0 atom stereocenters. The van der Waals surface area contributed by atoms with Crippen molar-refractivity contribution >= 4 is 5.91 Å². The first-order valence-electron chi connectivity index (χ1n) is 7.22. The van der Waals surface area contributed by atoms with Crippen LogP contribution < -0.4 is 4.74 Å². The lowest BCUT2D eigenvalue weighted by atomic mass is 10.1. The van der Waals surface area contributed by atoms with Crippen molar-refractivity contribution in [1.82, 2.24) is 14.9 Å². The van der Waals surface area contributed by atoms with Crippen LogP contribution >= 0.6 is 0 Å². The number of pyridine rings is 2. The SMILES string of the molecule is N#Cc1cc(OC2CN(C(=O)c3ccc(C(F)(F)F)nc3)C2)ccn1. The number of ether oxygens (including phenoxy) is 1. The smallest absolute Gasteiger partial charge is 0.433 e. The molecule has 1 amide bonds. The number of alkyl halides is 3. The van der Waals surface area contributed by atoms with E-state index in [4.69, 9.17) is 10.00 Å². The van der Waals surface area contributed by atoms with Crippen molar-refractivity contribution < 1.29 is 22.7 Å². The van der Waals surface area contributed by atoms with Gasteiger partial charge in [-0.3, -0.25) is 9.78 Å². The van der Waals surface area contributed by atoms with E-state index in [1.807, 2.05) is 6.07 Å². The number of carbonyl (C=O) groups is 1. The van der Waals surface area contributed by atoms with Crippen LogP contribution in [0.25, 0.3) is 0 Å². The second-order valence-electron chi connectivity index (χ2n) is 5.37. The van der Waals surface area contributed by atoms with Gasteiger partial charge in [-0.2, -0.15) is 18.4 Å². The Morgan fingerprint density at radius 2 is 2.04 bits per heavy atom. The topological polar surface area (TPSA) is 79.1 Å². The van der Waals surface area contributed by atoms with Crippen LogP contribution in [0.15, 0.2) is 36.7 Å². The minimum absolute atomic E-state index is 0.0853. The van der Waals surface area contributed by atoms with Crippen LogP contribution in [-0.4, -0.2) is 40.0 Å². The van der Waals surface area contributed by atoms with Crippen LogP contribution in [0.4, 0.5) is 13.2 Å². The molecule has 2 aromatic rings. The van der Waals surface area contributed by atoms with Crippen LogP contribution in [0.5, 0.6) is 5.75 Å². The van der Waals surface area contributed by atoms with E-state index in [2.05, 4.69) is 9.97 Å². The summed E-state index contributed by atoms with van der Waals surface area (Å²) in [6, 6.07) is 6.87. The lowest BCUT2D eigenvalue weighted by molar-refractivity contribution is -0.141. The first-order chi connectivity index (χ1) is 11.9. The van der Waals surface area contributed by atoms with Crippen molar-refractivity contribution in [3.05, 3.63) is 53.6 Å². The van der Waals surface area contributed by atoms with Gasteiger partial charge in [0.25, 0.3) is 5.91 Å². The van der Waals surface area contributed by atoms with Crippen LogP contribution in [0.3, 0.4) is 0 Å². The summed E-state index contributed by atoms with van der Waals surface area (Å²) in [6.07, 6.45) is -2.42. The molecule has 1 aliphatic rings. The van der Waals surface area contributed by atoms with E-state index in [-0.39, 0.29) is 17.4 Å². The van der Waals surface area contributed by atoms with Crippen LogP contribution in [0.2, 0.25) is 0 Å². The number of aromatic nitrogens is 2. The minimum Gasteiger partial charge on any atom is -0.487 e. The minimum atomic E-state index is -4.54. The quantitative estimate of drug-likeness (QED) is 0.850. The summed E-state index contributed by atoms with van der Waals surface area (Å²) in [6.45, 7) is 0.591. The molecular formula is C16H11F3N4O2. The number of likely N-dealkylation sites (tertiary alicyclic amines) is 1. The lowest BCUT2D eigenvalue weighted by Crippen LogP contribution is -2.56. The summed E-state index contributed by atoms with van der Waals surface area (Å²) in [4.78, 5) is 20.7. The predicted octanol–water partition coefficient (Wildman–Crippen LogP) is 2.27. The molecule has 1 saturated heterocycles. The summed E-state index contributed by atoms with van der Waals surface area (Å²) < 4.78 is 43.0. The summed E-state index contributed by atoms with van der Waals surface area (Å²) in [5.41, 5.74) is -0.734. The van der Waals surface area contributed by atoms with Gasteiger partial charge in [0.2, 0.25) is 0 Å². The molecule has 25 heavy (non-hydrogen) atoms. The molecule has 0 N–H and O–H groups in total. The van der Waals surface area contributed by atoms with E-state index in [9.17, 15) is 18.0 Å². The number of amides is 1. The second-order valence-corrected chi connectivity index (χ2v) is 5.37. The third kappa shape index (κ3) is 3.68. The molecule has 0 bridgehead atoms. The van der Waals surface area contributed by atoms with Crippen molar-refractivity contribution in [2.75, 3.05) is 13.1 Å². The first-order valence-corrected chi connectivity index (χ1v) is 7.22. The van der Waals surface area contributed by atoms with Crippen molar-refractivity contribution in [3.63, 3.8) is 0 Å². The fourth-order valence-corrected chi connectivity index (χ4v) is 2.29. The van der Waals surface area contributed by atoms with Gasteiger partial charge in [0.05, 0.1) is 18.7 Å². The molecule has 0 spiro atoms. The number of carbonyl (C=O) groups excluding carboxylic acids is 1. The van der Waals surface area contributed by atoms with E-state index in [0.29, 0.717) is 18.8 Å². The lowest BCUT2D eigenvalue weighted by Gasteiger charge is -2.38. The van der Waals surface area contributed by atoms with Crippen LogP contribution in [0, 0.1) is 11.3 Å². The van der Waals surface area contributed by atoms with Crippen LogP contribution in [-0.2, 0) is 6.18 Å². The zero-order valence-corrected chi connectivity index (χ0v) is 12.7. The average Bonchev–Trinajstić information content (AvgIpc) is 2.56. The highest BCUT2D eigenvalue weighted by Crippen LogP contribution is 2.27. The van der Waals surface area contributed by atoms with Gasteiger partial charge < -0.3 is 9.64 Å². The van der Waals surface area contributed by atoms with Gasteiger partial charge in [0.15, 0.2) is 0 Å². The summed E-state index contributed by atoms with van der Waals surface area (Å²) in [5, 5.41) is 8.78. The molecule has 9 heteroatoms. The van der Waals surface area contributed by atoms with Crippen LogP contribution in [0.1, 0.15) is 21.7 Å². The van der Waals surface area contributed by atoms with E-state index in [0.717, 1.165) is 18.3 Å². The second kappa shape index (κ2) is 6.39. The fraction of sp³-hybridized carbons (Fsp3) is 0.250. The zero-order valence-electron chi connectivity index (χ0n) is 12.7. The number of halogens is 3. The van der Waals surface area contributed by atoms with E-state index < -0.39 is 17.8 Å². The Kier molecular flexibility index (Phi) is 4.27. The zero-order chi connectivity index (χ0) is 18.0. The summed E-state index contributed by atoms with van der Waals surface area (Å²) >= 11 is 0. The molecular weight excluding hydrogens is 337 g/mol. The number of nitriles is 1. The molecule has 0 radical (unpaired) electrons. The molecule has 128 valence electrons. The van der Waals surface area contributed by atoms with Gasteiger partial charge in [0, 0.05) is 18.5 Å². The molecule has 0 aliphatic carbocycles. The Labute approximate surface area is 140 Å². The van der Waals surface area contributed by atoms with Crippen molar-refractivity contribution in [1.29, 1.82) is 5.26 Å². The maximum atomic E-state index is 12.5. The molecule has 0 unspecified atom stereocenters. The molecule has 3 heterocycles. The van der Waals surface area contributed by atoms with Gasteiger partial charge in [-0.1, -0.05) is 0 Å². The van der Waals surface area contributed by atoms with Gasteiger partial charge in [0.1, 0.15) is 29.3 Å². The summed E-state index contributed by atoms with van der Waals surface area (Å²) in [7, 11) is 0. The molecule has 0 saturated carbocycles. The molecule has 1 aliphatic heterocycles. The number of hydrogen-bond acceptors (Lipinski definition) is 5.